The summed E-state index contributed by atoms with van der Waals surface area (Å²) in [6, 6.07) is 7.56. The highest BCUT2D eigenvalue weighted by atomic mass is 35.5. The zero-order valence-electron chi connectivity index (χ0n) is 16.2. The second-order valence-electron chi connectivity index (χ2n) is 7.30. The van der Waals surface area contributed by atoms with Crippen molar-refractivity contribution in [2.75, 3.05) is 38.1 Å². The zero-order chi connectivity index (χ0) is 20.0. The average molecular weight is 403 g/mol. The van der Waals surface area contributed by atoms with Gasteiger partial charge >= 0.3 is 5.69 Å². The van der Waals surface area contributed by atoms with Gasteiger partial charge in [-0.3, -0.25) is 18.5 Å². The molecule has 0 saturated carbocycles. The first-order chi connectivity index (χ1) is 13.4. The molecule has 0 atom stereocenters. The van der Waals surface area contributed by atoms with Gasteiger partial charge in [-0.25, -0.2) is 4.79 Å². The van der Waals surface area contributed by atoms with Crippen molar-refractivity contribution in [2.24, 2.45) is 14.1 Å². The molecule has 2 aromatic heterocycles. The molecule has 0 spiro atoms. The summed E-state index contributed by atoms with van der Waals surface area (Å²) in [5, 5.41) is 0.642. The molecule has 0 aliphatic carbocycles. The van der Waals surface area contributed by atoms with Crippen LogP contribution in [0, 0.1) is 0 Å². The Morgan fingerprint density at radius 1 is 1.04 bits per heavy atom. The molecule has 3 heterocycles. The van der Waals surface area contributed by atoms with Crippen LogP contribution in [0.5, 0.6) is 0 Å². The maximum atomic E-state index is 13.0. The summed E-state index contributed by atoms with van der Waals surface area (Å²) in [7, 11) is 5.23. The summed E-state index contributed by atoms with van der Waals surface area (Å²) >= 11 is 6.16. The highest BCUT2D eigenvalue weighted by Crippen LogP contribution is 2.23. The van der Waals surface area contributed by atoms with E-state index >= 15 is 0 Å². The third-order valence-electron chi connectivity index (χ3n) is 5.34. The maximum absolute atomic E-state index is 13.0. The molecule has 9 heteroatoms. The number of fused-ring (bicyclic) bond motifs is 1. The van der Waals surface area contributed by atoms with Gasteiger partial charge in [-0.1, -0.05) is 23.7 Å². The Morgan fingerprint density at radius 3 is 2.43 bits per heavy atom. The van der Waals surface area contributed by atoms with Gasteiger partial charge in [-0.15, -0.1) is 0 Å². The van der Waals surface area contributed by atoms with Crippen LogP contribution in [0.1, 0.15) is 5.56 Å². The van der Waals surface area contributed by atoms with Crippen LogP contribution in [0.2, 0.25) is 5.02 Å². The molecular formula is C19H23ClN6O2. The van der Waals surface area contributed by atoms with Crippen molar-refractivity contribution in [2.45, 2.75) is 6.54 Å². The molecule has 1 aliphatic heterocycles. The fourth-order valence-corrected chi connectivity index (χ4v) is 3.86. The number of benzene rings is 1. The number of rotatable bonds is 3. The third kappa shape index (κ3) is 3.12. The van der Waals surface area contributed by atoms with E-state index in [9.17, 15) is 9.59 Å². The number of imidazole rings is 1. The van der Waals surface area contributed by atoms with Crippen molar-refractivity contribution < 1.29 is 0 Å². The lowest BCUT2D eigenvalue weighted by Crippen LogP contribution is -2.45. The first-order valence-electron chi connectivity index (χ1n) is 9.21. The van der Waals surface area contributed by atoms with E-state index < -0.39 is 0 Å². The predicted octanol–water partition coefficient (Wildman–Crippen LogP) is 0.887. The fraction of sp³-hybridized carbons (Fsp3) is 0.421. The molecule has 8 nitrogen and oxygen atoms in total. The summed E-state index contributed by atoms with van der Waals surface area (Å²) in [4.78, 5) is 34.5. The van der Waals surface area contributed by atoms with Crippen LogP contribution in [0.3, 0.4) is 0 Å². The van der Waals surface area contributed by atoms with Crippen LogP contribution in [0.15, 0.2) is 33.9 Å². The monoisotopic (exact) mass is 402 g/mol. The number of hydrogen-bond acceptors (Lipinski definition) is 5. The molecule has 0 unspecified atom stereocenters. The van der Waals surface area contributed by atoms with Gasteiger partial charge in [0, 0.05) is 45.3 Å². The molecule has 3 aromatic rings. The number of aromatic nitrogens is 4. The van der Waals surface area contributed by atoms with Crippen LogP contribution < -0.4 is 16.1 Å². The molecule has 1 fully saturated rings. The molecule has 0 amide bonds. The van der Waals surface area contributed by atoms with Gasteiger partial charge in [-0.05, 0) is 24.7 Å². The Kier molecular flexibility index (Phi) is 4.76. The van der Waals surface area contributed by atoms with E-state index in [4.69, 9.17) is 16.6 Å². The minimum absolute atomic E-state index is 0.340. The van der Waals surface area contributed by atoms with Crippen LogP contribution in [0.25, 0.3) is 11.2 Å². The molecule has 1 aliphatic rings. The first kappa shape index (κ1) is 18.8. The topological polar surface area (TPSA) is 68.3 Å². The zero-order valence-corrected chi connectivity index (χ0v) is 17.0. The number of likely N-dealkylation sites (N-methyl/N-ethyl adjacent to an activating group) is 1. The van der Waals surface area contributed by atoms with Gasteiger partial charge in [-0.2, -0.15) is 4.98 Å². The second kappa shape index (κ2) is 7.10. The van der Waals surface area contributed by atoms with Crippen molar-refractivity contribution in [3.05, 3.63) is 55.7 Å². The van der Waals surface area contributed by atoms with Gasteiger partial charge in [0.05, 0.1) is 6.54 Å². The highest BCUT2D eigenvalue weighted by Gasteiger charge is 2.24. The number of halogens is 1. The molecule has 1 aromatic carbocycles. The Hall–Kier alpha value is -2.58. The number of piperazine rings is 1. The molecular weight excluding hydrogens is 380 g/mol. The molecule has 148 valence electrons. The van der Waals surface area contributed by atoms with E-state index in [0.717, 1.165) is 36.3 Å². The van der Waals surface area contributed by atoms with E-state index in [2.05, 4.69) is 16.8 Å². The lowest BCUT2D eigenvalue weighted by molar-refractivity contribution is 0.310. The summed E-state index contributed by atoms with van der Waals surface area (Å²) in [5.41, 5.74) is 1.09. The van der Waals surface area contributed by atoms with Crippen LogP contribution in [-0.4, -0.2) is 56.8 Å². The number of nitrogens with zero attached hydrogens (tertiary/aromatic N) is 6. The Bertz CT molecular complexity index is 1150. The quantitative estimate of drug-likeness (QED) is 0.650. The van der Waals surface area contributed by atoms with E-state index in [1.807, 2.05) is 28.8 Å². The minimum atomic E-state index is -0.380. The van der Waals surface area contributed by atoms with E-state index in [0.29, 0.717) is 28.7 Å². The van der Waals surface area contributed by atoms with Crippen molar-refractivity contribution >= 4 is 28.7 Å². The van der Waals surface area contributed by atoms with Crippen molar-refractivity contribution in [1.82, 2.24) is 23.6 Å². The number of anilines is 1. The third-order valence-corrected chi connectivity index (χ3v) is 5.58. The Balaban J connectivity index is 1.94. The molecule has 28 heavy (non-hydrogen) atoms. The van der Waals surface area contributed by atoms with Crippen LogP contribution >= 0.6 is 11.6 Å². The SMILES string of the molecule is CN1CCN(c2nc3c(c(=O)n(C)c(=O)n3C)n2Cc2cccc(Cl)c2)CC1. The largest absolute Gasteiger partial charge is 0.340 e. The predicted molar refractivity (Wildman–Crippen MR) is 110 cm³/mol. The van der Waals surface area contributed by atoms with Gasteiger partial charge in [0.1, 0.15) is 0 Å². The molecule has 0 N–H and O–H groups in total. The maximum Gasteiger partial charge on any atom is 0.332 e. The van der Waals surface area contributed by atoms with Crippen molar-refractivity contribution in [3.8, 4) is 0 Å². The molecule has 4 rings (SSSR count). The number of hydrogen-bond donors (Lipinski definition) is 0. The van der Waals surface area contributed by atoms with Crippen molar-refractivity contribution in [1.29, 1.82) is 0 Å². The van der Waals surface area contributed by atoms with E-state index in [1.165, 1.54) is 11.6 Å². The summed E-state index contributed by atoms with van der Waals surface area (Å²) in [6.45, 7) is 3.90. The first-order valence-corrected chi connectivity index (χ1v) is 9.59. The van der Waals surface area contributed by atoms with Crippen molar-refractivity contribution in [3.63, 3.8) is 0 Å². The molecule has 1 saturated heterocycles. The van der Waals surface area contributed by atoms with Gasteiger partial charge < -0.3 is 9.80 Å². The smallest absolute Gasteiger partial charge is 0.332 e. The van der Waals surface area contributed by atoms with E-state index in [-0.39, 0.29) is 11.2 Å². The lowest BCUT2D eigenvalue weighted by atomic mass is 10.2. The van der Waals surface area contributed by atoms with Gasteiger partial charge in [0.25, 0.3) is 5.56 Å². The standard InChI is InChI=1S/C19H23ClN6O2/c1-22-7-9-25(10-8-22)18-21-16-15(17(27)24(3)19(28)23(16)2)26(18)12-13-5-4-6-14(20)11-13/h4-6,11H,7-10,12H2,1-3H3. The molecule has 0 bridgehead atoms. The lowest BCUT2D eigenvalue weighted by Gasteiger charge is -2.33. The van der Waals surface area contributed by atoms with Crippen LogP contribution in [0.4, 0.5) is 5.95 Å². The number of aryl methyl sites for hydroxylation is 1. The van der Waals surface area contributed by atoms with Gasteiger partial charge in [0.15, 0.2) is 11.2 Å². The highest BCUT2D eigenvalue weighted by molar-refractivity contribution is 6.30. The average Bonchev–Trinajstić information content (AvgIpc) is 3.04. The summed E-state index contributed by atoms with van der Waals surface area (Å²) in [6.07, 6.45) is 0. The summed E-state index contributed by atoms with van der Waals surface area (Å²) < 4.78 is 4.48. The Morgan fingerprint density at radius 2 is 1.75 bits per heavy atom. The summed E-state index contributed by atoms with van der Waals surface area (Å²) in [5.74, 6) is 0.710. The van der Waals surface area contributed by atoms with Crippen LogP contribution in [-0.2, 0) is 20.6 Å². The van der Waals surface area contributed by atoms with E-state index in [1.54, 1.807) is 7.05 Å². The minimum Gasteiger partial charge on any atom is -0.340 e. The fourth-order valence-electron chi connectivity index (χ4n) is 3.65. The molecule has 0 radical (unpaired) electrons. The van der Waals surface area contributed by atoms with Gasteiger partial charge in [0.2, 0.25) is 5.95 Å². The normalized spacial score (nSPS) is 15.5. The second-order valence-corrected chi connectivity index (χ2v) is 7.73. The Labute approximate surface area is 167 Å².